The topological polar surface area (TPSA) is 44.1 Å². The highest BCUT2D eigenvalue weighted by atomic mass is 79.9. The van der Waals surface area contributed by atoms with Crippen molar-refractivity contribution in [1.29, 1.82) is 5.26 Å². The van der Waals surface area contributed by atoms with Crippen molar-refractivity contribution >= 4 is 33.4 Å². The lowest BCUT2D eigenvalue weighted by Crippen LogP contribution is -2.32. The fourth-order valence-corrected chi connectivity index (χ4v) is 2.00. The minimum absolute atomic E-state index is 0.0789. The molecule has 90 valence electrons. The zero-order valence-electron chi connectivity index (χ0n) is 9.41. The second kappa shape index (κ2) is 6.63. The first-order valence-corrected chi connectivity index (χ1v) is 6.38. The number of halogens is 2. The van der Waals surface area contributed by atoms with E-state index in [4.69, 9.17) is 16.9 Å². The second-order valence-electron chi connectivity index (χ2n) is 3.51. The zero-order valence-corrected chi connectivity index (χ0v) is 11.8. The number of benzene rings is 1. The maximum atomic E-state index is 12.2. The molecule has 5 heteroatoms. The fraction of sp³-hybridized carbons (Fsp3) is 0.333. The van der Waals surface area contributed by atoms with Gasteiger partial charge >= 0.3 is 0 Å². The van der Waals surface area contributed by atoms with Crippen LogP contribution in [0.3, 0.4) is 0 Å². The van der Waals surface area contributed by atoms with E-state index in [0.29, 0.717) is 17.1 Å². The molecule has 1 rings (SSSR count). The Morgan fingerprint density at radius 1 is 1.59 bits per heavy atom. The summed E-state index contributed by atoms with van der Waals surface area (Å²) in [6.45, 7) is 2.59. The summed E-state index contributed by atoms with van der Waals surface area (Å²) in [4.78, 5) is 13.7. The normalized spacial score (nSPS) is 9.76. The molecule has 0 aliphatic rings. The van der Waals surface area contributed by atoms with Gasteiger partial charge in [-0.1, -0.05) is 34.5 Å². The van der Waals surface area contributed by atoms with Crippen LogP contribution in [0.5, 0.6) is 0 Å². The van der Waals surface area contributed by atoms with Crippen molar-refractivity contribution in [3.8, 4) is 6.07 Å². The third kappa shape index (κ3) is 3.72. The van der Waals surface area contributed by atoms with Crippen molar-refractivity contribution in [2.24, 2.45) is 0 Å². The minimum Gasteiger partial charge on any atom is -0.325 e. The van der Waals surface area contributed by atoms with Gasteiger partial charge in [0.1, 0.15) is 6.54 Å². The third-order valence-corrected chi connectivity index (χ3v) is 3.02. The molecule has 0 bridgehead atoms. The third-order valence-electron chi connectivity index (χ3n) is 2.20. The monoisotopic (exact) mass is 314 g/mol. The van der Waals surface area contributed by atoms with Crippen LogP contribution in [-0.4, -0.2) is 23.9 Å². The van der Waals surface area contributed by atoms with Gasteiger partial charge in [-0.05, 0) is 24.6 Å². The Balaban J connectivity index is 3.00. The molecule has 1 amide bonds. The number of hydrogen-bond acceptors (Lipinski definition) is 2. The van der Waals surface area contributed by atoms with Gasteiger partial charge in [0.2, 0.25) is 0 Å². The van der Waals surface area contributed by atoms with Crippen molar-refractivity contribution < 1.29 is 4.79 Å². The van der Waals surface area contributed by atoms with Crippen LogP contribution < -0.4 is 0 Å². The molecular weight excluding hydrogens is 304 g/mol. The van der Waals surface area contributed by atoms with E-state index in [2.05, 4.69) is 15.9 Å². The molecule has 0 N–H and O–H groups in total. The van der Waals surface area contributed by atoms with Gasteiger partial charge in [-0.15, -0.1) is 0 Å². The van der Waals surface area contributed by atoms with E-state index in [1.807, 2.05) is 13.0 Å². The molecular formula is C12H12BrClN2O. The van der Waals surface area contributed by atoms with Gasteiger partial charge in [-0.2, -0.15) is 5.26 Å². The molecule has 17 heavy (non-hydrogen) atoms. The summed E-state index contributed by atoms with van der Waals surface area (Å²) in [6.07, 6.45) is 0.805. The van der Waals surface area contributed by atoms with Crippen molar-refractivity contribution in [1.82, 2.24) is 4.90 Å². The van der Waals surface area contributed by atoms with Crippen LogP contribution in [0.25, 0.3) is 0 Å². The van der Waals surface area contributed by atoms with E-state index >= 15 is 0 Å². The summed E-state index contributed by atoms with van der Waals surface area (Å²) < 4.78 is 0.790. The van der Waals surface area contributed by atoms with E-state index < -0.39 is 0 Å². The average molecular weight is 316 g/mol. The Labute approximate surface area is 114 Å². The van der Waals surface area contributed by atoms with E-state index in [9.17, 15) is 4.79 Å². The lowest BCUT2D eigenvalue weighted by molar-refractivity contribution is 0.0776. The van der Waals surface area contributed by atoms with E-state index in [1.54, 1.807) is 18.2 Å². The predicted molar refractivity (Wildman–Crippen MR) is 71.0 cm³/mol. The van der Waals surface area contributed by atoms with Crippen LogP contribution in [0.15, 0.2) is 22.7 Å². The molecule has 0 saturated heterocycles. The highest BCUT2D eigenvalue weighted by Crippen LogP contribution is 2.22. The summed E-state index contributed by atoms with van der Waals surface area (Å²) in [7, 11) is 0. The Hall–Kier alpha value is -1.05. The number of carbonyl (C=O) groups is 1. The number of nitrogens with zero attached hydrogens (tertiary/aromatic N) is 2. The maximum Gasteiger partial charge on any atom is 0.256 e. The van der Waals surface area contributed by atoms with E-state index in [0.717, 1.165) is 10.9 Å². The molecule has 0 fully saturated rings. The highest BCUT2D eigenvalue weighted by molar-refractivity contribution is 9.10. The molecule has 0 spiro atoms. The Morgan fingerprint density at radius 3 is 2.88 bits per heavy atom. The van der Waals surface area contributed by atoms with Crippen LogP contribution in [0.1, 0.15) is 23.7 Å². The minimum atomic E-state index is -0.209. The molecule has 0 unspecified atom stereocenters. The smallest absolute Gasteiger partial charge is 0.256 e. The summed E-state index contributed by atoms with van der Waals surface area (Å²) in [5, 5.41) is 9.10. The summed E-state index contributed by atoms with van der Waals surface area (Å²) in [5.74, 6) is -0.209. The molecule has 0 aliphatic heterocycles. The molecule has 0 atom stereocenters. The molecule has 3 nitrogen and oxygen atoms in total. The first kappa shape index (κ1) is 14.0. The number of rotatable bonds is 4. The van der Waals surface area contributed by atoms with Gasteiger partial charge in [-0.3, -0.25) is 4.79 Å². The van der Waals surface area contributed by atoms with Crippen molar-refractivity contribution in [3.63, 3.8) is 0 Å². The maximum absolute atomic E-state index is 12.2. The number of hydrogen-bond donors (Lipinski definition) is 0. The highest BCUT2D eigenvalue weighted by Gasteiger charge is 2.17. The van der Waals surface area contributed by atoms with Gasteiger partial charge in [-0.25, -0.2) is 0 Å². The van der Waals surface area contributed by atoms with Crippen LogP contribution in [0.4, 0.5) is 0 Å². The lowest BCUT2D eigenvalue weighted by Gasteiger charge is -2.19. The van der Waals surface area contributed by atoms with Crippen molar-refractivity contribution in [3.05, 3.63) is 33.3 Å². The van der Waals surface area contributed by atoms with Crippen LogP contribution in [0.2, 0.25) is 5.02 Å². The van der Waals surface area contributed by atoms with Gasteiger partial charge in [0.25, 0.3) is 5.91 Å². The van der Waals surface area contributed by atoms with E-state index in [1.165, 1.54) is 4.90 Å². The molecule has 0 radical (unpaired) electrons. The van der Waals surface area contributed by atoms with Crippen molar-refractivity contribution in [2.75, 3.05) is 13.1 Å². The molecule has 0 aliphatic carbocycles. The van der Waals surface area contributed by atoms with Crippen LogP contribution in [-0.2, 0) is 0 Å². The molecule has 0 aromatic heterocycles. The molecule has 1 aromatic carbocycles. The lowest BCUT2D eigenvalue weighted by atomic mass is 10.2. The first-order chi connectivity index (χ1) is 8.10. The van der Waals surface area contributed by atoms with Gasteiger partial charge in [0.15, 0.2) is 0 Å². The molecule has 1 aromatic rings. The summed E-state index contributed by atoms with van der Waals surface area (Å²) in [5.41, 5.74) is 0.421. The molecule has 0 heterocycles. The van der Waals surface area contributed by atoms with Crippen LogP contribution in [0, 0.1) is 11.3 Å². The Morgan fingerprint density at radius 2 is 2.29 bits per heavy atom. The quantitative estimate of drug-likeness (QED) is 0.798. The van der Waals surface area contributed by atoms with E-state index in [-0.39, 0.29) is 12.5 Å². The van der Waals surface area contributed by atoms with Gasteiger partial charge in [0.05, 0.1) is 16.7 Å². The van der Waals surface area contributed by atoms with Gasteiger partial charge in [0, 0.05) is 11.0 Å². The van der Waals surface area contributed by atoms with Gasteiger partial charge < -0.3 is 4.90 Å². The number of amides is 1. The predicted octanol–water partition coefficient (Wildman–Crippen LogP) is 3.48. The zero-order chi connectivity index (χ0) is 12.8. The average Bonchev–Trinajstić information content (AvgIpc) is 2.31. The Kier molecular flexibility index (Phi) is 5.46. The standard InChI is InChI=1S/C12H12BrClN2O/c1-2-6-16(7-5-15)12(17)10-8-9(13)3-4-11(10)14/h3-4,8H,2,6-7H2,1H3. The number of nitriles is 1. The SMILES string of the molecule is CCCN(CC#N)C(=O)c1cc(Br)ccc1Cl. The largest absolute Gasteiger partial charge is 0.325 e. The number of carbonyl (C=O) groups excluding carboxylic acids is 1. The molecule has 0 saturated carbocycles. The van der Waals surface area contributed by atoms with Crippen LogP contribution >= 0.6 is 27.5 Å². The second-order valence-corrected chi connectivity index (χ2v) is 4.83. The Bertz CT molecular complexity index is 456. The fourth-order valence-electron chi connectivity index (χ4n) is 1.44. The van der Waals surface area contributed by atoms with Crippen molar-refractivity contribution in [2.45, 2.75) is 13.3 Å². The summed E-state index contributed by atoms with van der Waals surface area (Å²) in [6, 6.07) is 7.09. The first-order valence-electron chi connectivity index (χ1n) is 5.21. The summed E-state index contributed by atoms with van der Waals surface area (Å²) >= 11 is 9.28.